The minimum atomic E-state index is -0.392. The Morgan fingerprint density at radius 3 is 2.70 bits per heavy atom. The Balaban J connectivity index is 2.11. The first kappa shape index (κ1) is 14.0. The van der Waals surface area contributed by atoms with E-state index in [0.29, 0.717) is 13.0 Å². The van der Waals surface area contributed by atoms with Crippen LogP contribution in [0.3, 0.4) is 0 Å². The molecule has 8 heteroatoms. The molecule has 1 saturated heterocycles. The van der Waals surface area contributed by atoms with Crippen LogP contribution in [-0.2, 0) is 4.79 Å². The van der Waals surface area contributed by atoms with Gasteiger partial charge in [-0.25, -0.2) is 0 Å². The van der Waals surface area contributed by atoms with Crippen LogP contribution in [0.1, 0.15) is 16.9 Å². The van der Waals surface area contributed by atoms with Crippen molar-refractivity contribution in [3.8, 4) is 11.9 Å². The van der Waals surface area contributed by atoms with E-state index in [2.05, 4.69) is 15.3 Å². The monoisotopic (exact) mass is 280 g/mol. The lowest BCUT2D eigenvalue weighted by molar-refractivity contribution is -0.126. The molecular weight excluding hydrogens is 264 g/mol. The van der Waals surface area contributed by atoms with Crippen LogP contribution in [0.25, 0.3) is 0 Å². The molecule has 1 fully saturated rings. The van der Waals surface area contributed by atoms with E-state index in [1.54, 1.807) is 11.9 Å². The van der Waals surface area contributed by atoms with Gasteiger partial charge in [0.2, 0.25) is 11.8 Å². The van der Waals surface area contributed by atoms with E-state index in [1.807, 2.05) is 0 Å². The highest BCUT2D eigenvalue weighted by atomic mass is 16.5. The van der Waals surface area contributed by atoms with Crippen molar-refractivity contribution in [3.05, 3.63) is 11.8 Å². The summed E-state index contributed by atoms with van der Waals surface area (Å²) in [6.07, 6.45) is 0.293. The van der Waals surface area contributed by atoms with Gasteiger partial charge in [-0.2, -0.15) is 9.97 Å². The summed E-state index contributed by atoms with van der Waals surface area (Å²) in [5.41, 5.74) is 0.135. The van der Waals surface area contributed by atoms with Crippen molar-refractivity contribution >= 4 is 11.8 Å². The molecule has 1 aromatic rings. The molecule has 2 rings (SSSR count). The first-order chi connectivity index (χ1) is 9.53. The van der Waals surface area contributed by atoms with Crippen LogP contribution in [-0.4, -0.2) is 60.5 Å². The Bertz CT molecular complexity index is 512. The second-order valence-corrected chi connectivity index (χ2v) is 4.43. The maximum atomic E-state index is 12.1. The molecule has 1 N–H and O–H groups in total. The minimum Gasteiger partial charge on any atom is -0.481 e. The van der Waals surface area contributed by atoms with E-state index in [9.17, 15) is 9.59 Å². The number of amides is 2. The number of aromatic nitrogens is 2. The van der Waals surface area contributed by atoms with Gasteiger partial charge in [0.05, 0.1) is 20.3 Å². The smallest absolute Gasteiger partial charge is 0.320 e. The molecule has 1 unspecified atom stereocenters. The molecular formula is C12H16N4O4. The number of methoxy groups -OCH3 is 2. The quantitative estimate of drug-likeness (QED) is 0.795. The Kier molecular flexibility index (Phi) is 4.02. The normalized spacial score (nSPS) is 18.1. The second-order valence-electron chi connectivity index (χ2n) is 4.43. The molecule has 1 atom stereocenters. The number of carbonyl (C=O) groups is 2. The molecule has 0 spiro atoms. The van der Waals surface area contributed by atoms with Gasteiger partial charge in [0.25, 0.3) is 5.91 Å². The topological polar surface area (TPSA) is 93.7 Å². The maximum absolute atomic E-state index is 12.1. The minimum absolute atomic E-state index is 0.00755. The summed E-state index contributed by atoms with van der Waals surface area (Å²) in [4.78, 5) is 33.0. The highest BCUT2D eigenvalue weighted by Crippen LogP contribution is 2.14. The molecule has 1 aliphatic rings. The Morgan fingerprint density at radius 1 is 1.40 bits per heavy atom. The average Bonchev–Trinajstić information content (AvgIpc) is 2.76. The summed E-state index contributed by atoms with van der Waals surface area (Å²) < 4.78 is 9.89. The van der Waals surface area contributed by atoms with E-state index < -0.39 is 5.91 Å². The number of nitrogens with one attached hydrogen (secondary N) is 1. The highest BCUT2D eigenvalue weighted by Gasteiger charge is 2.28. The second kappa shape index (κ2) is 5.72. The molecule has 0 bridgehead atoms. The molecule has 2 amide bonds. The van der Waals surface area contributed by atoms with Gasteiger partial charge in [0, 0.05) is 26.1 Å². The Morgan fingerprint density at radius 2 is 2.15 bits per heavy atom. The zero-order valence-corrected chi connectivity index (χ0v) is 11.5. The van der Waals surface area contributed by atoms with Crippen LogP contribution in [0.5, 0.6) is 11.9 Å². The number of carbonyl (C=O) groups excluding carboxylic acids is 2. The fourth-order valence-corrected chi connectivity index (χ4v) is 1.94. The van der Waals surface area contributed by atoms with Crippen LogP contribution in [0, 0.1) is 0 Å². The first-order valence-electron chi connectivity index (χ1n) is 6.05. The summed E-state index contributed by atoms with van der Waals surface area (Å²) >= 11 is 0. The van der Waals surface area contributed by atoms with Crippen LogP contribution in [0.15, 0.2) is 6.07 Å². The van der Waals surface area contributed by atoms with E-state index in [4.69, 9.17) is 9.47 Å². The zero-order valence-electron chi connectivity index (χ0n) is 11.5. The predicted molar refractivity (Wildman–Crippen MR) is 68.6 cm³/mol. The summed E-state index contributed by atoms with van der Waals surface area (Å²) in [5, 5.41) is 2.76. The molecule has 0 aromatic carbocycles. The number of ether oxygens (including phenoxy) is 2. The van der Waals surface area contributed by atoms with Crippen molar-refractivity contribution in [2.45, 2.75) is 12.5 Å². The highest BCUT2D eigenvalue weighted by molar-refractivity contribution is 5.93. The van der Waals surface area contributed by atoms with Crippen LogP contribution in [0.4, 0.5) is 0 Å². The van der Waals surface area contributed by atoms with Crippen LogP contribution >= 0.6 is 0 Å². The number of rotatable bonds is 4. The number of hydrogen-bond donors (Lipinski definition) is 1. The lowest BCUT2D eigenvalue weighted by Crippen LogP contribution is -2.37. The average molecular weight is 280 g/mol. The van der Waals surface area contributed by atoms with Gasteiger partial charge >= 0.3 is 6.01 Å². The van der Waals surface area contributed by atoms with Crippen molar-refractivity contribution < 1.29 is 19.1 Å². The Labute approximate surface area is 116 Å². The van der Waals surface area contributed by atoms with Gasteiger partial charge in [-0.05, 0) is 0 Å². The van der Waals surface area contributed by atoms with Gasteiger partial charge in [0.1, 0.15) is 5.69 Å². The largest absolute Gasteiger partial charge is 0.481 e. The van der Waals surface area contributed by atoms with E-state index in [1.165, 1.54) is 20.3 Å². The number of likely N-dealkylation sites (N-methyl/N-ethyl adjacent to an activating group) is 1. The third-order valence-corrected chi connectivity index (χ3v) is 2.98. The van der Waals surface area contributed by atoms with Crippen molar-refractivity contribution in [2.24, 2.45) is 0 Å². The van der Waals surface area contributed by atoms with Gasteiger partial charge in [-0.1, -0.05) is 0 Å². The van der Waals surface area contributed by atoms with Gasteiger partial charge in [-0.15, -0.1) is 0 Å². The summed E-state index contributed by atoms with van der Waals surface area (Å²) in [6.45, 7) is 0.490. The predicted octanol–water partition coefficient (Wildman–Crippen LogP) is -0.546. The molecule has 0 aliphatic carbocycles. The number of likely N-dealkylation sites (tertiary alicyclic amines) is 1. The lowest BCUT2D eigenvalue weighted by Gasteiger charge is -2.12. The maximum Gasteiger partial charge on any atom is 0.320 e. The molecule has 108 valence electrons. The fourth-order valence-electron chi connectivity index (χ4n) is 1.94. The third-order valence-electron chi connectivity index (χ3n) is 2.98. The third kappa shape index (κ3) is 2.95. The van der Waals surface area contributed by atoms with Crippen LogP contribution < -0.4 is 14.8 Å². The summed E-state index contributed by atoms with van der Waals surface area (Å²) in [7, 11) is 4.54. The van der Waals surface area contributed by atoms with Gasteiger partial charge in [-0.3, -0.25) is 9.59 Å². The molecule has 0 radical (unpaired) electrons. The standard InChI is InChI=1S/C12H16N4O4/c1-16-6-7(4-10(16)17)13-11(18)8-5-9(19-2)15-12(14-8)20-3/h5,7H,4,6H2,1-3H3,(H,13,18). The molecule has 1 aliphatic heterocycles. The fraction of sp³-hybridized carbons (Fsp3) is 0.500. The van der Waals surface area contributed by atoms with E-state index in [0.717, 1.165) is 0 Å². The van der Waals surface area contributed by atoms with Gasteiger partial charge < -0.3 is 19.7 Å². The molecule has 0 saturated carbocycles. The number of nitrogens with zero attached hydrogens (tertiary/aromatic N) is 3. The summed E-state index contributed by atoms with van der Waals surface area (Å²) in [5.74, 6) is -0.146. The van der Waals surface area contributed by atoms with Crippen LogP contribution in [0.2, 0.25) is 0 Å². The molecule has 20 heavy (non-hydrogen) atoms. The first-order valence-corrected chi connectivity index (χ1v) is 6.05. The molecule has 8 nitrogen and oxygen atoms in total. The van der Waals surface area contributed by atoms with Gasteiger partial charge in [0.15, 0.2) is 0 Å². The number of hydrogen-bond acceptors (Lipinski definition) is 6. The van der Waals surface area contributed by atoms with E-state index in [-0.39, 0.29) is 29.5 Å². The van der Waals surface area contributed by atoms with Crippen molar-refractivity contribution in [3.63, 3.8) is 0 Å². The van der Waals surface area contributed by atoms with E-state index >= 15 is 0 Å². The zero-order chi connectivity index (χ0) is 14.7. The SMILES string of the molecule is COc1cc(C(=O)NC2CC(=O)N(C)C2)nc(OC)n1. The van der Waals surface area contributed by atoms with Crippen molar-refractivity contribution in [1.29, 1.82) is 0 Å². The molecule has 2 heterocycles. The Hall–Kier alpha value is -2.38. The summed E-state index contributed by atoms with van der Waals surface area (Å²) in [6, 6.07) is 1.25. The lowest BCUT2D eigenvalue weighted by atomic mass is 10.2. The molecule has 1 aromatic heterocycles. The van der Waals surface area contributed by atoms with Crippen molar-refractivity contribution in [2.75, 3.05) is 27.8 Å². The van der Waals surface area contributed by atoms with Crippen molar-refractivity contribution in [1.82, 2.24) is 20.2 Å².